The molecular weight excluding hydrogens is 226 g/mol. The smallest absolute Gasteiger partial charge is 0.224 e. The van der Waals surface area contributed by atoms with Gasteiger partial charge in [-0.2, -0.15) is 0 Å². The third-order valence-corrected chi connectivity index (χ3v) is 2.23. The fourth-order valence-electron chi connectivity index (χ4n) is 1.35. The third-order valence-electron chi connectivity index (χ3n) is 2.06. The number of rotatable bonds is 4. The van der Waals surface area contributed by atoms with Crippen LogP contribution in [0.5, 0.6) is 0 Å². The molecule has 6 heteroatoms. The van der Waals surface area contributed by atoms with Gasteiger partial charge in [-0.15, -0.1) is 0 Å². The van der Waals surface area contributed by atoms with Crippen molar-refractivity contribution in [1.82, 2.24) is 19.5 Å². The van der Waals surface area contributed by atoms with E-state index in [0.717, 1.165) is 24.6 Å². The second-order valence-electron chi connectivity index (χ2n) is 3.39. The van der Waals surface area contributed by atoms with Crippen molar-refractivity contribution >= 4 is 17.4 Å². The minimum atomic E-state index is 0.269. The van der Waals surface area contributed by atoms with Crippen LogP contribution in [0.1, 0.15) is 5.69 Å². The summed E-state index contributed by atoms with van der Waals surface area (Å²) in [4.78, 5) is 12.0. The van der Waals surface area contributed by atoms with Crippen LogP contribution in [0.25, 0.3) is 0 Å². The number of imidazole rings is 1. The Morgan fingerprint density at radius 3 is 3.00 bits per heavy atom. The van der Waals surface area contributed by atoms with E-state index >= 15 is 0 Å². The van der Waals surface area contributed by atoms with E-state index in [0.29, 0.717) is 0 Å². The first-order valence-electron chi connectivity index (χ1n) is 4.95. The van der Waals surface area contributed by atoms with Crippen LogP contribution in [0.2, 0.25) is 5.28 Å². The molecule has 0 aliphatic heterocycles. The molecule has 5 nitrogen and oxygen atoms in total. The second-order valence-corrected chi connectivity index (χ2v) is 3.73. The third kappa shape index (κ3) is 2.93. The second kappa shape index (κ2) is 4.94. The van der Waals surface area contributed by atoms with Crippen molar-refractivity contribution in [2.24, 2.45) is 0 Å². The maximum absolute atomic E-state index is 5.75. The lowest BCUT2D eigenvalue weighted by Crippen LogP contribution is -2.10. The molecule has 0 amide bonds. The summed E-state index contributed by atoms with van der Waals surface area (Å²) < 4.78 is 1.99. The number of nitrogens with one attached hydrogen (secondary N) is 1. The highest BCUT2D eigenvalue weighted by Gasteiger charge is 1.99. The van der Waals surface area contributed by atoms with E-state index in [4.69, 9.17) is 11.6 Å². The fourth-order valence-corrected chi connectivity index (χ4v) is 1.58. The van der Waals surface area contributed by atoms with E-state index < -0.39 is 0 Å². The summed E-state index contributed by atoms with van der Waals surface area (Å²) in [6, 6.07) is 1.86. The predicted molar refractivity (Wildman–Crippen MR) is 62.5 cm³/mol. The Balaban J connectivity index is 1.89. The topological polar surface area (TPSA) is 55.6 Å². The molecule has 0 atom stereocenters. The lowest BCUT2D eigenvalue weighted by atomic mass is 10.4. The molecule has 0 fully saturated rings. The van der Waals surface area contributed by atoms with Crippen molar-refractivity contribution in [3.63, 3.8) is 0 Å². The number of aromatic nitrogens is 4. The minimum Gasteiger partial charge on any atom is -0.368 e. The summed E-state index contributed by atoms with van der Waals surface area (Å²) in [7, 11) is 0. The number of nitrogens with zero attached hydrogens (tertiary/aromatic N) is 4. The van der Waals surface area contributed by atoms with Gasteiger partial charge in [0.05, 0.1) is 6.33 Å². The Bertz CT molecular complexity index is 434. The molecule has 2 aromatic heterocycles. The van der Waals surface area contributed by atoms with Gasteiger partial charge in [0.25, 0.3) is 0 Å². The van der Waals surface area contributed by atoms with Gasteiger partial charge in [0.1, 0.15) is 5.82 Å². The van der Waals surface area contributed by atoms with Crippen LogP contribution in [-0.2, 0) is 6.54 Å². The molecule has 0 radical (unpaired) electrons. The zero-order chi connectivity index (χ0) is 11.4. The molecule has 0 unspecified atom stereocenters. The molecule has 0 aliphatic carbocycles. The molecule has 2 heterocycles. The molecule has 0 bridgehead atoms. The maximum Gasteiger partial charge on any atom is 0.224 e. The van der Waals surface area contributed by atoms with Crippen molar-refractivity contribution < 1.29 is 0 Å². The van der Waals surface area contributed by atoms with E-state index in [9.17, 15) is 0 Å². The van der Waals surface area contributed by atoms with E-state index in [2.05, 4.69) is 20.3 Å². The molecule has 84 valence electrons. The van der Waals surface area contributed by atoms with Crippen molar-refractivity contribution in [1.29, 1.82) is 0 Å². The molecule has 16 heavy (non-hydrogen) atoms. The molecule has 1 N–H and O–H groups in total. The summed E-state index contributed by atoms with van der Waals surface area (Å²) in [6.45, 7) is 3.48. The highest BCUT2D eigenvalue weighted by molar-refractivity contribution is 6.28. The lowest BCUT2D eigenvalue weighted by molar-refractivity contribution is 0.725. The maximum atomic E-state index is 5.75. The van der Waals surface area contributed by atoms with E-state index in [1.54, 1.807) is 12.5 Å². The summed E-state index contributed by atoms with van der Waals surface area (Å²) >= 11 is 5.75. The molecular formula is C10H12ClN5. The fraction of sp³-hybridized carbons (Fsp3) is 0.300. The first-order chi connectivity index (χ1) is 7.74. The SMILES string of the molecule is Cc1cc(NCCn2ccnc2)nc(Cl)n1. The van der Waals surface area contributed by atoms with E-state index in [1.165, 1.54) is 0 Å². The predicted octanol–water partition coefficient (Wildman–Crippen LogP) is 1.75. The van der Waals surface area contributed by atoms with Crippen LogP contribution < -0.4 is 5.32 Å². The van der Waals surface area contributed by atoms with Gasteiger partial charge in [0, 0.05) is 37.2 Å². The lowest BCUT2D eigenvalue weighted by Gasteiger charge is -2.06. The van der Waals surface area contributed by atoms with Crippen LogP contribution in [0, 0.1) is 6.92 Å². The molecule has 0 saturated heterocycles. The Hall–Kier alpha value is -1.62. The summed E-state index contributed by atoms with van der Waals surface area (Å²) in [6.07, 6.45) is 5.45. The standard InChI is InChI=1S/C10H12ClN5/c1-8-6-9(15-10(11)14-8)13-3-5-16-4-2-12-7-16/h2,4,6-7H,3,5H2,1H3,(H,13,14,15). The molecule has 0 spiro atoms. The van der Waals surface area contributed by atoms with Crippen molar-refractivity contribution in [3.8, 4) is 0 Å². The van der Waals surface area contributed by atoms with Gasteiger partial charge >= 0.3 is 0 Å². The van der Waals surface area contributed by atoms with Crippen LogP contribution in [0.15, 0.2) is 24.8 Å². The first kappa shape index (κ1) is 10.9. The minimum absolute atomic E-state index is 0.269. The molecule has 0 saturated carbocycles. The number of anilines is 1. The number of halogens is 1. The summed E-state index contributed by atoms with van der Waals surface area (Å²) in [5.41, 5.74) is 0.852. The Kier molecular flexibility index (Phi) is 3.36. The zero-order valence-electron chi connectivity index (χ0n) is 8.89. The Labute approximate surface area is 98.5 Å². The summed E-state index contributed by atoms with van der Waals surface area (Å²) in [5.74, 6) is 0.748. The van der Waals surface area contributed by atoms with Crippen LogP contribution in [0.3, 0.4) is 0 Å². The van der Waals surface area contributed by atoms with E-state index in [1.807, 2.05) is 23.8 Å². The zero-order valence-corrected chi connectivity index (χ0v) is 9.65. The first-order valence-corrected chi connectivity index (χ1v) is 5.32. The Morgan fingerprint density at radius 2 is 2.31 bits per heavy atom. The van der Waals surface area contributed by atoms with Gasteiger partial charge in [-0.05, 0) is 18.5 Å². The normalized spacial score (nSPS) is 10.4. The number of aryl methyl sites for hydroxylation is 1. The monoisotopic (exact) mass is 237 g/mol. The van der Waals surface area contributed by atoms with E-state index in [-0.39, 0.29) is 5.28 Å². The van der Waals surface area contributed by atoms with Crippen LogP contribution >= 0.6 is 11.6 Å². The van der Waals surface area contributed by atoms with Gasteiger partial charge in [-0.25, -0.2) is 15.0 Å². The quantitative estimate of drug-likeness (QED) is 0.824. The van der Waals surface area contributed by atoms with Crippen LogP contribution in [0.4, 0.5) is 5.82 Å². The summed E-state index contributed by atoms with van der Waals surface area (Å²) in [5, 5.41) is 3.45. The highest BCUT2D eigenvalue weighted by atomic mass is 35.5. The Morgan fingerprint density at radius 1 is 1.44 bits per heavy atom. The molecule has 2 aromatic rings. The average Bonchev–Trinajstić information content (AvgIpc) is 2.69. The van der Waals surface area contributed by atoms with Gasteiger partial charge in [0.2, 0.25) is 5.28 Å². The van der Waals surface area contributed by atoms with Gasteiger partial charge in [-0.1, -0.05) is 0 Å². The highest BCUT2D eigenvalue weighted by Crippen LogP contribution is 2.09. The number of hydrogen-bond acceptors (Lipinski definition) is 4. The van der Waals surface area contributed by atoms with Crippen molar-refractivity contribution in [2.45, 2.75) is 13.5 Å². The van der Waals surface area contributed by atoms with Crippen molar-refractivity contribution in [2.75, 3.05) is 11.9 Å². The van der Waals surface area contributed by atoms with Crippen LogP contribution in [-0.4, -0.2) is 26.1 Å². The molecule has 2 rings (SSSR count). The van der Waals surface area contributed by atoms with Crippen molar-refractivity contribution in [3.05, 3.63) is 35.8 Å². The number of hydrogen-bond donors (Lipinski definition) is 1. The van der Waals surface area contributed by atoms with Gasteiger partial charge in [0.15, 0.2) is 0 Å². The average molecular weight is 238 g/mol. The molecule has 0 aromatic carbocycles. The molecule has 0 aliphatic rings. The van der Waals surface area contributed by atoms with Gasteiger partial charge in [-0.3, -0.25) is 0 Å². The van der Waals surface area contributed by atoms with Gasteiger partial charge < -0.3 is 9.88 Å². The largest absolute Gasteiger partial charge is 0.368 e.